The molecule has 2 N–H and O–H groups in total. The summed E-state index contributed by atoms with van der Waals surface area (Å²) < 4.78 is 25.9. The highest BCUT2D eigenvalue weighted by Crippen LogP contribution is 2.29. The topological polar surface area (TPSA) is 58.2 Å². The van der Waals surface area contributed by atoms with Crippen molar-refractivity contribution in [2.24, 2.45) is 5.92 Å². The number of unbranched alkanes of at least 4 members (excludes halogenated alkanes) is 1. The van der Waals surface area contributed by atoms with Gasteiger partial charge in [0.1, 0.15) is 0 Å². The summed E-state index contributed by atoms with van der Waals surface area (Å²) in [6.45, 7) is 7.15. The third-order valence-corrected chi connectivity index (χ3v) is 4.32. The molecule has 0 bridgehead atoms. The molecule has 1 aliphatic carbocycles. The molecule has 5 heteroatoms. The van der Waals surface area contributed by atoms with Crippen LogP contribution in [0.1, 0.15) is 40.0 Å². The maximum Gasteiger partial charge on any atom is 0.211 e. The number of hydrogen-bond acceptors (Lipinski definition) is 3. The van der Waals surface area contributed by atoms with Gasteiger partial charge in [0.25, 0.3) is 0 Å². The fourth-order valence-corrected chi connectivity index (χ4v) is 3.08. The van der Waals surface area contributed by atoms with Gasteiger partial charge in [0, 0.05) is 12.1 Å². The molecule has 2 atom stereocenters. The summed E-state index contributed by atoms with van der Waals surface area (Å²) in [6, 6.07) is 0.681. The van der Waals surface area contributed by atoms with Crippen LogP contribution in [0.25, 0.3) is 0 Å². The van der Waals surface area contributed by atoms with E-state index in [0.29, 0.717) is 12.0 Å². The van der Waals surface area contributed by atoms with Crippen LogP contribution in [-0.2, 0) is 10.0 Å². The van der Waals surface area contributed by atoms with Gasteiger partial charge in [-0.25, -0.2) is 13.1 Å². The molecule has 16 heavy (non-hydrogen) atoms. The first-order valence-corrected chi connectivity index (χ1v) is 7.79. The van der Waals surface area contributed by atoms with Crippen molar-refractivity contribution in [3.63, 3.8) is 0 Å². The van der Waals surface area contributed by atoms with Crippen LogP contribution in [-0.4, -0.2) is 32.8 Å². The molecule has 0 radical (unpaired) electrons. The van der Waals surface area contributed by atoms with Gasteiger partial charge in [-0.3, -0.25) is 0 Å². The zero-order valence-electron chi connectivity index (χ0n) is 10.5. The van der Waals surface area contributed by atoms with Crippen LogP contribution in [0.2, 0.25) is 0 Å². The Morgan fingerprint density at radius 3 is 2.44 bits per heavy atom. The minimum Gasteiger partial charge on any atom is -0.315 e. The minimum absolute atomic E-state index is 0.207. The van der Waals surface area contributed by atoms with E-state index in [2.05, 4.69) is 30.8 Å². The van der Waals surface area contributed by atoms with Crippen molar-refractivity contribution in [1.29, 1.82) is 0 Å². The Kier molecular flexibility index (Phi) is 5.21. The van der Waals surface area contributed by atoms with Crippen molar-refractivity contribution in [3.8, 4) is 0 Å². The zero-order chi connectivity index (χ0) is 12.2. The molecule has 96 valence electrons. The third kappa shape index (κ3) is 5.82. The van der Waals surface area contributed by atoms with Gasteiger partial charge in [-0.2, -0.15) is 0 Å². The van der Waals surface area contributed by atoms with Gasteiger partial charge >= 0.3 is 0 Å². The first-order valence-electron chi connectivity index (χ1n) is 6.14. The lowest BCUT2D eigenvalue weighted by Gasteiger charge is -2.08. The molecule has 0 aliphatic heterocycles. The van der Waals surface area contributed by atoms with Crippen LogP contribution < -0.4 is 10.0 Å². The van der Waals surface area contributed by atoms with Crippen molar-refractivity contribution in [1.82, 2.24) is 10.0 Å². The Bertz CT molecular complexity index is 301. The molecular weight excluding hydrogens is 224 g/mol. The molecule has 0 saturated heterocycles. The lowest BCUT2D eigenvalue weighted by atomic mass is 10.3. The Balaban J connectivity index is 2.07. The van der Waals surface area contributed by atoms with Crippen molar-refractivity contribution < 1.29 is 8.42 Å². The van der Waals surface area contributed by atoms with E-state index in [9.17, 15) is 8.42 Å². The average molecular weight is 248 g/mol. The molecule has 0 heterocycles. The Hall–Kier alpha value is -0.130. The molecule has 1 rings (SSSR count). The molecule has 4 nitrogen and oxygen atoms in total. The first kappa shape index (κ1) is 13.9. The summed E-state index contributed by atoms with van der Waals surface area (Å²) in [5.74, 6) is 0.785. The molecule has 0 aromatic rings. The maximum absolute atomic E-state index is 11.6. The Labute approximate surface area is 99.2 Å². The van der Waals surface area contributed by atoms with E-state index in [1.165, 1.54) is 0 Å². The van der Waals surface area contributed by atoms with Gasteiger partial charge in [-0.05, 0) is 31.7 Å². The van der Waals surface area contributed by atoms with E-state index in [4.69, 9.17) is 0 Å². The number of sulfonamides is 1. The molecule has 0 spiro atoms. The molecule has 0 amide bonds. The second-order valence-electron chi connectivity index (χ2n) is 5.07. The summed E-state index contributed by atoms with van der Waals surface area (Å²) >= 11 is 0. The van der Waals surface area contributed by atoms with Crippen LogP contribution in [0.4, 0.5) is 0 Å². The van der Waals surface area contributed by atoms with E-state index in [-0.39, 0.29) is 11.8 Å². The van der Waals surface area contributed by atoms with Gasteiger partial charge in [0.15, 0.2) is 0 Å². The highest BCUT2D eigenvalue weighted by Gasteiger charge is 2.35. The largest absolute Gasteiger partial charge is 0.315 e. The van der Waals surface area contributed by atoms with Crippen LogP contribution in [0.15, 0.2) is 0 Å². The van der Waals surface area contributed by atoms with E-state index in [1.54, 1.807) is 0 Å². The van der Waals surface area contributed by atoms with E-state index in [0.717, 1.165) is 25.8 Å². The molecular formula is C11H24N2O2S. The Morgan fingerprint density at radius 2 is 1.94 bits per heavy atom. The molecule has 1 fully saturated rings. The minimum atomic E-state index is -3.03. The van der Waals surface area contributed by atoms with Gasteiger partial charge < -0.3 is 5.32 Å². The average Bonchev–Trinajstić information content (AvgIpc) is 2.79. The fraction of sp³-hybridized carbons (Fsp3) is 1.00. The van der Waals surface area contributed by atoms with Crippen LogP contribution >= 0.6 is 0 Å². The molecule has 1 aliphatic rings. The predicted octanol–water partition coefficient (Wildman–Crippen LogP) is 1.09. The van der Waals surface area contributed by atoms with Crippen LogP contribution in [0.3, 0.4) is 0 Å². The number of nitrogens with one attached hydrogen (secondary N) is 2. The van der Waals surface area contributed by atoms with Crippen molar-refractivity contribution in [3.05, 3.63) is 0 Å². The fourth-order valence-electron chi connectivity index (χ4n) is 1.58. The SMILES string of the molecule is CC(C)NCCCCS(=O)(=O)NC1CC1C. The van der Waals surface area contributed by atoms with Gasteiger partial charge in [0.2, 0.25) is 10.0 Å². The van der Waals surface area contributed by atoms with Crippen molar-refractivity contribution >= 4 is 10.0 Å². The summed E-state index contributed by atoms with van der Waals surface area (Å²) in [6.07, 6.45) is 2.64. The smallest absolute Gasteiger partial charge is 0.211 e. The second-order valence-corrected chi connectivity index (χ2v) is 6.95. The zero-order valence-corrected chi connectivity index (χ0v) is 11.3. The second kappa shape index (κ2) is 5.98. The van der Waals surface area contributed by atoms with E-state index >= 15 is 0 Å². The molecule has 0 aromatic carbocycles. The standard InChI is InChI=1S/C11H24N2O2S/c1-9(2)12-6-4-5-7-16(14,15)13-11-8-10(11)3/h9-13H,4-8H2,1-3H3. The van der Waals surface area contributed by atoms with Crippen LogP contribution in [0.5, 0.6) is 0 Å². The Morgan fingerprint density at radius 1 is 1.31 bits per heavy atom. The highest BCUT2D eigenvalue weighted by atomic mass is 32.2. The summed E-state index contributed by atoms with van der Waals surface area (Å²) in [7, 11) is -3.03. The van der Waals surface area contributed by atoms with Gasteiger partial charge in [0.05, 0.1) is 5.75 Å². The quantitative estimate of drug-likeness (QED) is 0.632. The van der Waals surface area contributed by atoms with Crippen LogP contribution in [0, 0.1) is 5.92 Å². The first-order chi connectivity index (χ1) is 7.41. The predicted molar refractivity (Wildman–Crippen MR) is 66.9 cm³/mol. The normalized spacial score (nSPS) is 25.0. The maximum atomic E-state index is 11.6. The summed E-state index contributed by atoms with van der Waals surface area (Å²) in [5, 5.41) is 3.28. The van der Waals surface area contributed by atoms with E-state index < -0.39 is 10.0 Å². The van der Waals surface area contributed by atoms with Crippen molar-refractivity contribution in [2.75, 3.05) is 12.3 Å². The van der Waals surface area contributed by atoms with Gasteiger partial charge in [-0.15, -0.1) is 0 Å². The number of hydrogen-bond donors (Lipinski definition) is 2. The lowest BCUT2D eigenvalue weighted by molar-refractivity contribution is 0.554. The molecule has 2 unspecified atom stereocenters. The van der Waals surface area contributed by atoms with E-state index in [1.807, 2.05) is 0 Å². The lowest BCUT2D eigenvalue weighted by Crippen LogP contribution is -2.30. The van der Waals surface area contributed by atoms with Gasteiger partial charge in [-0.1, -0.05) is 20.8 Å². The summed E-state index contributed by atoms with van der Waals surface area (Å²) in [5.41, 5.74) is 0. The van der Waals surface area contributed by atoms with Crippen molar-refractivity contribution in [2.45, 2.75) is 52.1 Å². The molecule has 1 saturated carbocycles. The molecule has 0 aromatic heterocycles. The third-order valence-electron chi connectivity index (χ3n) is 2.83. The monoisotopic (exact) mass is 248 g/mol. The summed E-state index contributed by atoms with van der Waals surface area (Å²) in [4.78, 5) is 0. The highest BCUT2D eigenvalue weighted by molar-refractivity contribution is 7.89. The number of rotatable bonds is 8.